The van der Waals surface area contributed by atoms with E-state index in [0.29, 0.717) is 0 Å². The van der Waals surface area contributed by atoms with Crippen LogP contribution in [-0.4, -0.2) is 58.6 Å². The van der Waals surface area contributed by atoms with Crippen molar-refractivity contribution in [1.82, 2.24) is 0 Å². The first kappa shape index (κ1) is 29.7. The van der Waals surface area contributed by atoms with Gasteiger partial charge in [0.1, 0.15) is 11.5 Å². The molecule has 0 fully saturated rings. The van der Waals surface area contributed by atoms with E-state index in [-0.39, 0.29) is 17.3 Å². The van der Waals surface area contributed by atoms with Gasteiger partial charge in [0.15, 0.2) is 0 Å². The Balaban J connectivity index is 3.15. The van der Waals surface area contributed by atoms with E-state index < -0.39 is 58.6 Å². The molecule has 190 valence electrons. The number of hydrogen-bond donors (Lipinski definition) is 0. The Kier molecular flexibility index (Phi) is 8.74. The minimum atomic E-state index is -7.66. The summed E-state index contributed by atoms with van der Waals surface area (Å²) in [5.41, 5.74) is -0.0417. The summed E-state index contributed by atoms with van der Waals surface area (Å²) in [6.45, 7) is -2.03. The molecule has 0 aliphatic heterocycles. The van der Waals surface area contributed by atoms with Crippen LogP contribution in [0.3, 0.4) is 0 Å². The van der Waals surface area contributed by atoms with Crippen LogP contribution in [0.4, 0.5) is 52.7 Å². The fourth-order valence-corrected chi connectivity index (χ4v) is 3.09. The Morgan fingerprint density at radius 1 is 0.909 bits per heavy atom. The lowest BCUT2D eigenvalue weighted by Crippen LogP contribution is -2.69. The number of thioether (sulfide) groups is 1. The molecule has 16 heteroatoms. The number of alkyl halides is 13. The van der Waals surface area contributed by atoms with E-state index in [2.05, 4.69) is 4.74 Å². The molecule has 0 aliphatic carbocycles. The van der Waals surface area contributed by atoms with Crippen LogP contribution in [-0.2, 0) is 4.74 Å². The van der Waals surface area contributed by atoms with Gasteiger partial charge in [-0.1, -0.05) is 30.3 Å². The minimum Gasteiger partial charge on any atom is -0.356 e. The molecule has 0 aromatic heterocycles. The topological polar surface area (TPSA) is 26.3 Å². The van der Waals surface area contributed by atoms with Crippen molar-refractivity contribution in [2.24, 2.45) is 0 Å². The molecule has 0 spiro atoms. The predicted octanol–water partition coefficient (Wildman–Crippen LogP) is 6.97. The standard InChI is InChI=1S/C17H13ClF12O2S/c1-12(7-18,33-10(31)9-5-3-2-4-6-9)32-8-13(21,22)15(25,26)17(29,30)16(27,28)14(23,24)11(19)20/h2-6,11H,7-8H2,1H3. The zero-order valence-electron chi connectivity index (χ0n) is 16.0. The highest BCUT2D eigenvalue weighted by atomic mass is 35.5. The maximum absolute atomic E-state index is 13.9. The second kappa shape index (κ2) is 9.72. The molecule has 0 saturated carbocycles. The molecule has 0 saturated heterocycles. The highest BCUT2D eigenvalue weighted by Gasteiger charge is 2.87. The van der Waals surface area contributed by atoms with Gasteiger partial charge in [0.2, 0.25) is 5.12 Å². The summed E-state index contributed by atoms with van der Waals surface area (Å²) >= 11 is 5.51. The van der Waals surface area contributed by atoms with Crippen molar-refractivity contribution in [3.05, 3.63) is 35.9 Å². The number of rotatable bonds is 11. The number of hydrogen-bond acceptors (Lipinski definition) is 3. The van der Waals surface area contributed by atoms with E-state index in [0.717, 1.165) is 6.92 Å². The van der Waals surface area contributed by atoms with E-state index in [9.17, 15) is 57.5 Å². The highest BCUT2D eigenvalue weighted by Crippen LogP contribution is 2.58. The van der Waals surface area contributed by atoms with Crippen molar-refractivity contribution in [3.63, 3.8) is 0 Å². The van der Waals surface area contributed by atoms with Gasteiger partial charge in [-0.2, -0.15) is 43.9 Å². The molecule has 33 heavy (non-hydrogen) atoms. The van der Waals surface area contributed by atoms with Gasteiger partial charge in [-0.05, 0) is 18.7 Å². The van der Waals surface area contributed by atoms with E-state index >= 15 is 0 Å². The molecule has 2 nitrogen and oxygen atoms in total. The zero-order valence-corrected chi connectivity index (χ0v) is 17.6. The summed E-state index contributed by atoms with van der Waals surface area (Å²) < 4.78 is 163. The lowest BCUT2D eigenvalue weighted by Gasteiger charge is -2.39. The minimum absolute atomic E-state index is 0.0417. The maximum Gasteiger partial charge on any atom is 0.384 e. The average molecular weight is 545 g/mol. The van der Waals surface area contributed by atoms with E-state index in [1.807, 2.05) is 0 Å². The summed E-state index contributed by atoms with van der Waals surface area (Å²) in [6.07, 6.45) is -5.58. The van der Waals surface area contributed by atoms with E-state index in [4.69, 9.17) is 11.6 Å². The number of benzene rings is 1. The van der Waals surface area contributed by atoms with Crippen molar-refractivity contribution in [2.45, 2.75) is 47.9 Å². The Morgan fingerprint density at radius 3 is 1.82 bits per heavy atom. The van der Waals surface area contributed by atoms with Crippen molar-refractivity contribution < 1.29 is 62.2 Å². The van der Waals surface area contributed by atoms with Crippen LogP contribution >= 0.6 is 23.4 Å². The van der Waals surface area contributed by atoms with Gasteiger partial charge < -0.3 is 4.74 Å². The van der Waals surface area contributed by atoms with Crippen LogP contribution in [0, 0.1) is 0 Å². The number of carbonyl (C=O) groups excluding carboxylic acids is 1. The second-order valence-corrected chi connectivity index (χ2v) is 8.37. The first-order valence-electron chi connectivity index (χ1n) is 8.36. The number of halogens is 13. The van der Waals surface area contributed by atoms with Crippen LogP contribution in [0.1, 0.15) is 17.3 Å². The third-order valence-corrected chi connectivity index (χ3v) is 5.84. The summed E-state index contributed by atoms with van der Waals surface area (Å²) in [6, 6.07) is 6.77. The summed E-state index contributed by atoms with van der Waals surface area (Å²) in [5, 5.41) is -0.901. The molecule has 1 aromatic rings. The second-order valence-electron chi connectivity index (χ2n) is 6.66. The lowest BCUT2D eigenvalue weighted by molar-refractivity contribution is -0.416. The number of carbonyl (C=O) groups is 1. The average Bonchev–Trinajstić information content (AvgIpc) is 2.72. The largest absolute Gasteiger partial charge is 0.384 e. The van der Waals surface area contributed by atoms with Gasteiger partial charge in [-0.3, -0.25) is 4.79 Å². The Bertz CT molecular complexity index is 821. The van der Waals surface area contributed by atoms with E-state index in [1.54, 1.807) is 0 Å². The van der Waals surface area contributed by atoms with Gasteiger partial charge in [-0.25, -0.2) is 8.78 Å². The zero-order chi connectivity index (χ0) is 26.1. The highest BCUT2D eigenvalue weighted by molar-refractivity contribution is 8.15. The van der Waals surface area contributed by atoms with Crippen molar-refractivity contribution in [3.8, 4) is 0 Å². The molecule has 0 heterocycles. The molecule has 1 atom stereocenters. The molecule has 0 radical (unpaired) electrons. The Morgan fingerprint density at radius 2 is 1.39 bits per heavy atom. The van der Waals surface area contributed by atoms with Crippen LogP contribution in [0.15, 0.2) is 30.3 Å². The van der Waals surface area contributed by atoms with Gasteiger partial charge in [0, 0.05) is 5.56 Å². The van der Waals surface area contributed by atoms with Crippen molar-refractivity contribution in [2.75, 3.05) is 12.5 Å². The Labute approximate surface area is 187 Å². The molecule has 0 N–H and O–H groups in total. The molecule has 1 unspecified atom stereocenters. The molecular weight excluding hydrogens is 532 g/mol. The first-order valence-corrected chi connectivity index (χ1v) is 9.71. The van der Waals surface area contributed by atoms with Crippen molar-refractivity contribution in [1.29, 1.82) is 0 Å². The lowest BCUT2D eigenvalue weighted by atomic mass is 9.94. The summed E-state index contributed by atoms with van der Waals surface area (Å²) in [5.74, 6) is -36.8. The van der Waals surface area contributed by atoms with E-state index in [1.165, 1.54) is 30.3 Å². The van der Waals surface area contributed by atoms with Gasteiger partial charge in [0.25, 0.3) is 0 Å². The van der Waals surface area contributed by atoms with Gasteiger partial charge in [-0.15, -0.1) is 11.6 Å². The number of ether oxygens (including phenoxy) is 1. The molecule has 1 aromatic carbocycles. The van der Waals surface area contributed by atoms with Crippen LogP contribution in [0.25, 0.3) is 0 Å². The molecule has 0 aliphatic rings. The first-order chi connectivity index (χ1) is 14.7. The summed E-state index contributed by atoms with van der Waals surface area (Å²) in [7, 11) is 0. The fraction of sp³-hybridized carbons (Fsp3) is 0.588. The quantitative estimate of drug-likeness (QED) is 0.171. The smallest absolute Gasteiger partial charge is 0.356 e. The third-order valence-electron chi connectivity index (χ3n) is 4.06. The summed E-state index contributed by atoms with van der Waals surface area (Å²) in [4.78, 5) is 9.81. The van der Waals surface area contributed by atoms with Crippen LogP contribution in [0.2, 0.25) is 0 Å². The SMILES string of the molecule is CC(CCl)(OCC(F)(F)C(F)(F)C(F)(F)C(F)(F)C(F)(F)C(F)F)SC(=O)c1ccccc1. The van der Waals surface area contributed by atoms with Crippen LogP contribution < -0.4 is 0 Å². The fourth-order valence-electron chi connectivity index (χ4n) is 2.03. The monoisotopic (exact) mass is 544 g/mol. The van der Waals surface area contributed by atoms with Gasteiger partial charge >= 0.3 is 36.0 Å². The Hall–Kier alpha value is -1.35. The van der Waals surface area contributed by atoms with Crippen molar-refractivity contribution >= 4 is 28.5 Å². The molecule has 1 rings (SSSR count). The third kappa shape index (κ3) is 5.50. The molecule has 0 amide bonds. The normalized spacial score (nSPS) is 16.1. The molecular formula is C17H13ClF12O2S. The molecule has 0 bridgehead atoms. The van der Waals surface area contributed by atoms with Gasteiger partial charge in [0.05, 0.1) is 5.88 Å². The predicted molar refractivity (Wildman–Crippen MR) is 94.2 cm³/mol. The van der Waals surface area contributed by atoms with Crippen LogP contribution in [0.5, 0.6) is 0 Å². The maximum atomic E-state index is 13.9.